The zero-order chi connectivity index (χ0) is 24.1. The van der Waals surface area contributed by atoms with E-state index in [1.54, 1.807) is 12.1 Å². The van der Waals surface area contributed by atoms with Crippen LogP contribution in [0.5, 0.6) is 0 Å². The molecule has 2 amide bonds. The molecule has 1 saturated heterocycles. The highest BCUT2D eigenvalue weighted by molar-refractivity contribution is 5.94. The zero-order valence-corrected chi connectivity index (χ0v) is 18.2. The SMILES string of the molecule is O=C(NC[C@H]1CCN1C(=O)CO)c1ccc(-c2cn(NCCc3cccc(F)c3)nc2F)nc1. The summed E-state index contributed by atoms with van der Waals surface area (Å²) < 4.78 is 27.6. The third-order valence-corrected chi connectivity index (χ3v) is 5.65. The molecule has 3 aromatic rings. The predicted molar refractivity (Wildman–Crippen MR) is 119 cm³/mol. The molecule has 0 spiro atoms. The molecule has 0 radical (unpaired) electrons. The Morgan fingerprint density at radius 3 is 2.74 bits per heavy atom. The second-order valence-electron chi connectivity index (χ2n) is 7.90. The standard InChI is InChI=1S/C23H24F2N6O3/c24-17-3-1-2-15(10-17)6-8-28-31-13-19(22(25)29-31)20-5-4-16(11-26-20)23(34)27-12-18-7-9-30(18)21(33)14-32/h1-5,10-11,13,18,28,32H,6-9,12,14H2,(H,27,34)/t18-/m1/s1. The minimum Gasteiger partial charge on any atom is -0.387 e. The molecule has 0 saturated carbocycles. The van der Waals surface area contributed by atoms with E-state index in [0.717, 1.165) is 12.0 Å². The Morgan fingerprint density at radius 1 is 1.21 bits per heavy atom. The van der Waals surface area contributed by atoms with Crippen LogP contribution in [0.25, 0.3) is 11.3 Å². The Kier molecular flexibility index (Phi) is 7.12. The van der Waals surface area contributed by atoms with E-state index in [1.807, 2.05) is 0 Å². The number of likely N-dealkylation sites (tertiary alicyclic amines) is 1. The molecule has 4 rings (SSSR count). The molecule has 11 heteroatoms. The lowest BCUT2D eigenvalue weighted by Gasteiger charge is -2.40. The van der Waals surface area contributed by atoms with Gasteiger partial charge in [0.2, 0.25) is 11.9 Å². The number of benzene rings is 1. The average Bonchev–Trinajstić information content (AvgIpc) is 3.18. The summed E-state index contributed by atoms with van der Waals surface area (Å²) in [4.78, 5) is 30.9. The summed E-state index contributed by atoms with van der Waals surface area (Å²) in [7, 11) is 0. The van der Waals surface area contributed by atoms with Gasteiger partial charge in [0.15, 0.2) is 0 Å². The van der Waals surface area contributed by atoms with Crippen molar-refractivity contribution in [2.75, 3.05) is 31.7 Å². The van der Waals surface area contributed by atoms with Crippen molar-refractivity contribution in [1.29, 1.82) is 0 Å². The number of carbonyl (C=O) groups excluding carboxylic acids is 2. The third kappa shape index (κ3) is 5.37. The number of aliphatic hydroxyl groups excluding tert-OH is 1. The minimum atomic E-state index is -0.721. The fourth-order valence-electron chi connectivity index (χ4n) is 3.69. The van der Waals surface area contributed by atoms with Crippen LogP contribution in [0.1, 0.15) is 22.3 Å². The van der Waals surface area contributed by atoms with Crippen molar-refractivity contribution in [2.24, 2.45) is 0 Å². The van der Waals surface area contributed by atoms with Crippen molar-refractivity contribution in [3.63, 3.8) is 0 Å². The van der Waals surface area contributed by atoms with E-state index in [9.17, 15) is 18.4 Å². The first-order chi connectivity index (χ1) is 16.4. The molecule has 9 nitrogen and oxygen atoms in total. The monoisotopic (exact) mass is 470 g/mol. The quantitative estimate of drug-likeness (QED) is 0.435. The van der Waals surface area contributed by atoms with Gasteiger partial charge in [-0.05, 0) is 42.7 Å². The van der Waals surface area contributed by atoms with Crippen molar-refractivity contribution < 1.29 is 23.5 Å². The number of aromatic nitrogens is 3. The summed E-state index contributed by atoms with van der Waals surface area (Å²) in [5.41, 5.74) is 4.51. The molecule has 1 fully saturated rings. The summed E-state index contributed by atoms with van der Waals surface area (Å²) in [5, 5.41) is 15.5. The molecule has 0 unspecified atom stereocenters. The lowest BCUT2D eigenvalue weighted by atomic mass is 10.0. The second kappa shape index (κ2) is 10.4. The third-order valence-electron chi connectivity index (χ3n) is 5.65. The number of hydrogen-bond acceptors (Lipinski definition) is 6. The summed E-state index contributed by atoms with van der Waals surface area (Å²) in [6, 6.07) is 9.17. The minimum absolute atomic E-state index is 0.135. The number of rotatable bonds is 9. The fourth-order valence-corrected chi connectivity index (χ4v) is 3.69. The molecule has 3 heterocycles. The molecule has 1 aliphatic rings. The summed E-state index contributed by atoms with van der Waals surface area (Å²) in [5.74, 6) is -1.75. The number of aliphatic hydroxyl groups is 1. The summed E-state index contributed by atoms with van der Waals surface area (Å²) >= 11 is 0. The Labute approximate surface area is 194 Å². The van der Waals surface area contributed by atoms with Gasteiger partial charge in [0.1, 0.15) is 12.4 Å². The Balaban J connectivity index is 1.31. The largest absolute Gasteiger partial charge is 0.387 e. The number of nitrogens with one attached hydrogen (secondary N) is 2. The smallest absolute Gasteiger partial charge is 0.252 e. The van der Waals surface area contributed by atoms with Crippen LogP contribution >= 0.6 is 0 Å². The molecular formula is C23H24F2N6O3. The normalized spacial score (nSPS) is 15.0. The van der Waals surface area contributed by atoms with Gasteiger partial charge in [0.05, 0.1) is 29.1 Å². The van der Waals surface area contributed by atoms with E-state index in [2.05, 4.69) is 20.8 Å². The van der Waals surface area contributed by atoms with Crippen LogP contribution in [0.15, 0.2) is 48.8 Å². The van der Waals surface area contributed by atoms with Crippen LogP contribution in [0, 0.1) is 11.8 Å². The van der Waals surface area contributed by atoms with Gasteiger partial charge in [-0.25, -0.2) is 4.39 Å². The number of pyridine rings is 1. The van der Waals surface area contributed by atoms with Crippen LogP contribution in [0.2, 0.25) is 0 Å². The highest BCUT2D eigenvalue weighted by Gasteiger charge is 2.31. The maximum Gasteiger partial charge on any atom is 0.252 e. The number of halogens is 2. The number of hydrogen-bond donors (Lipinski definition) is 3. The van der Waals surface area contributed by atoms with Crippen molar-refractivity contribution in [2.45, 2.75) is 18.9 Å². The topological polar surface area (TPSA) is 112 Å². The maximum absolute atomic E-state index is 14.4. The van der Waals surface area contributed by atoms with E-state index in [-0.39, 0.29) is 35.8 Å². The number of nitrogens with zero attached hydrogens (tertiary/aromatic N) is 4. The molecule has 1 atom stereocenters. The highest BCUT2D eigenvalue weighted by Crippen LogP contribution is 2.20. The number of amides is 2. The van der Waals surface area contributed by atoms with Crippen LogP contribution in [-0.2, 0) is 11.2 Å². The van der Waals surface area contributed by atoms with Crippen LogP contribution in [0.4, 0.5) is 8.78 Å². The Morgan fingerprint density at radius 2 is 2.06 bits per heavy atom. The lowest BCUT2D eigenvalue weighted by Crippen LogP contribution is -2.56. The van der Waals surface area contributed by atoms with Crippen molar-refractivity contribution in [1.82, 2.24) is 25.1 Å². The lowest BCUT2D eigenvalue weighted by molar-refractivity contribution is -0.141. The first-order valence-corrected chi connectivity index (χ1v) is 10.8. The molecule has 3 N–H and O–H groups in total. The molecule has 0 aliphatic carbocycles. The number of carbonyl (C=O) groups is 2. The fraction of sp³-hybridized carbons (Fsp3) is 0.304. The molecule has 1 aromatic carbocycles. The molecule has 2 aromatic heterocycles. The van der Waals surface area contributed by atoms with Gasteiger partial charge in [0, 0.05) is 25.8 Å². The first-order valence-electron chi connectivity index (χ1n) is 10.8. The first kappa shape index (κ1) is 23.3. The maximum atomic E-state index is 14.4. The van der Waals surface area contributed by atoms with Gasteiger partial charge in [0.25, 0.3) is 5.91 Å². The summed E-state index contributed by atoms with van der Waals surface area (Å²) in [6.07, 6.45) is 4.08. The van der Waals surface area contributed by atoms with Gasteiger partial charge in [-0.15, -0.1) is 5.10 Å². The molecule has 34 heavy (non-hydrogen) atoms. The van der Waals surface area contributed by atoms with Crippen molar-refractivity contribution in [3.05, 3.63) is 71.7 Å². The molecule has 0 bridgehead atoms. The molecule has 1 aliphatic heterocycles. The second-order valence-corrected chi connectivity index (χ2v) is 7.90. The van der Waals surface area contributed by atoms with Gasteiger partial charge < -0.3 is 20.7 Å². The average molecular weight is 470 g/mol. The Hall–Kier alpha value is -3.86. The Bertz CT molecular complexity index is 1170. The van der Waals surface area contributed by atoms with Crippen LogP contribution in [-0.4, -0.2) is 69.0 Å². The molecular weight excluding hydrogens is 446 g/mol. The highest BCUT2D eigenvalue weighted by atomic mass is 19.1. The van der Waals surface area contributed by atoms with Crippen LogP contribution in [0.3, 0.4) is 0 Å². The molecule has 178 valence electrons. The van der Waals surface area contributed by atoms with Gasteiger partial charge in [-0.1, -0.05) is 12.1 Å². The van der Waals surface area contributed by atoms with E-state index >= 15 is 0 Å². The van der Waals surface area contributed by atoms with Gasteiger partial charge >= 0.3 is 0 Å². The van der Waals surface area contributed by atoms with E-state index < -0.39 is 12.6 Å². The summed E-state index contributed by atoms with van der Waals surface area (Å²) in [6.45, 7) is 0.703. The van der Waals surface area contributed by atoms with Gasteiger partial charge in [-0.3, -0.25) is 14.6 Å². The predicted octanol–water partition coefficient (Wildman–Crippen LogP) is 1.33. The van der Waals surface area contributed by atoms with Crippen molar-refractivity contribution in [3.8, 4) is 11.3 Å². The van der Waals surface area contributed by atoms with Crippen molar-refractivity contribution >= 4 is 11.8 Å². The van der Waals surface area contributed by atoms with Gasteiger partial charge in [-0.2, -0.15) is 9.18 Å². The van der Waals surface area contributed by atoms with E-state index in [4.69, 9.17) is 5.11 Å². The van der Waals surface area contributed by atoms with E-state index in [1.165, 1.54) is 46.3 Å². The van der Waals surface area contributed by atoms with E-state index in [0.29, 0.717) is 30.8 Å². The van der Waals surface area contributed by atoms with Crippen LogP contribution < -0.4 is 10.7 Å². The zero-order valence-electron chi connectivity index (χ0n) is 18.2.